The highest BCUT2D eigenvalue weighted by molar-refractivity contribution is 6.39. The van der Waals surface area contributed by atoms with Crippen LogP contribution in [0.25, 0.3) is 17.3 Å². The van der Waals surface area contributed by atoms with Crippen LogP contribution in [0.3, 0.4) is 0 Å². The molecule has 0 aliphatic heterocycles. The largest absolute Gasteiger partial charge is 0.489 e. The van der Waals surface area contributed by atoms with Crippen molar-refractivity contribution < 1.29 is 24.0 Å². The first-order valence-electron chi connectivity index (χ1n) is 10.5. The van der Waals surface area contributed by atoms with Gasteiger partial charge in [-0.25, -0.2) is 0 Å². The number of carboxylic acids is 1. The second kappa shape index (κ2) is 11.3. The number of carboxylic acid groups (broad SMARTS) is 1. The van der Waals surface area contributed by atoms with Crippen LogP contribution in [0.1, 0.15) is 43.1 Å². The quantitative estimate of drug-likeness (QED) is 0.339. The number of carbonyl (C=O) groups excluding carboxylic acids is 1. The molecule has 3 rings (SSSR count). The van der Waals surface area contributed by atoms with Crippen LogP contribution in [0.2, 0.25) is 10.0 Å². The fourth-order valence-electron chi connectivity index (χ4n) is 3.23. The highest BCUT2D eigenvalue weighted by atomic mass is 35.5. The molecule has 3 aromatic rings. The molecule has 0 aliphatic rings. The number of aliphatic carboxylic acids is 1. The highest BCUT2D eigenvalue weighted by Crippen LogP contribution is 2.38. The number of nitrogens with zero attached hydrogens (tertiary/aromatic N) is 1. The van der Waals surface area contributed by atoms with Crippen molar-refractivity contribution in [1.29, 1.82) is 0 Å². The molecule has 7 nitrogen and oxygen atoms in total. The predicted octanol–water partition coefficient (Wildman–Crippen LogP) is 5.74. The Bertz CT molecular complexity index is 1180. The zero-order valence-electron chi connectivity index (χ0n) is 18.6. The molecule has 0 spiro atoms. The SMILES string of the molecule is CC(C)c1onc(-c2c(Cl)cccc2Cl)c1COc1ccc(C=CC(=O)C[C@@H](N)C(=O)O)cc1. The lowest BCUT2D eigenvalue weighted by molar-refractivity contribution is -0.139. The van der Waals surface area contributed by atoms with Gasteiger partial charge >= 0.3 is 5.97 Å². The van der Waals surface area contributed by atoms with Crippen molar-refractivity contribution in [2.75, 3.05) is 0 Å². The van der Waals surface area contributed by atoms with Gasteiger partial charge in [0.15, 0.2) is 5.78 Å². The molecule has 0 radical (unpaired) electrons. The second-order valence-electron chi connectivity index (χ2n) is 7.93. The monoisotopic (exact) mass is 502 g/mol. The van der Waals surface area contributed by atoms with Gasteiger partial charge in [-0.1, -0.05) is 66.5 Å². The first-order valence-corrected chi connectivity index (χ1v) is 11.3. The number of benzene rings is 2. The lowest BCUT2D eigenvalue weighted by atomic mass is 10.0. The Morgan fingerprint density at radius 1 is 1.15 bits per heavy atom. The fourth-order valence-corrected chi connectivity index (χ4v) is 3.80. The van der Waals surface area contributed by atoms with Crippen LogP contribution >= 0.6 is 23.2 Å². The minimum absolute atomic E-state index is 0.0698. The number of aromatic nitrogens is 1. The molecule has 0 saturated carbocycles. The minimum Gasteiger partial charge on any atom is -0.489 e. The number of rotatable bonds is 10. The summed E-state index contributed by atoms with van der Waals surface area (Å²) >= 11 is 12.8. The third kappa shape index (κ3) is 6.26. The zero-order valence-corrected chi connectivity index (χ0v) is 20.1. The molecule has 0 aliphatic carbocycles. The summed E-state index contributed by atoms with van der Waals surface area (Å²) in [6.07, 6.45) is 2.64. The maximum atomic E-state index is 11.8. The molecule has 3 N–H and O–H groups in total. The molecular weight excluding hydrogens is 479 g/mol. The molecule has 0 fully saturated rings. The van der Waals surface area contributed by atoms with E-state index in [1.165, 1.54) is 6.08 Å². The van der Waals surface area contributed by atoms with E-state index in [2.05, 4.69) is 5.16 Å². The summed E-state index contributed by atoms with van der Waals surface area (Å²) in [5.41, 5.74) is 8.02. The molecule has 34 heavy (non-hydrogen) atoms. The first-order chi connectivity index (χ1) is 16.2. The lowest BCUT2D eigenvalue weighted by Crippen LogP contribution is -2.32. The molecule has 178 valence electrons. The summed E-state index contributed by atoms with van der Waals surface area (Å²) in [7, 11) is 0. The Balaban J connectivity index is 1.74. The van der Waals surface area contributed by atoms with Crippen molar-refractivity contribution in [2.45, 2.75) is 38.8 Å². The third-order valence-electron chi connectivity index (χ3n) is 5.01. The van der Waals surface area contributed by atoms with Crippen LogP contribution in [-0.4, -0.2) is 28.1 Å². The summed E-state index contributed by atoms with van der Waals surface area (Å²) < 4.78 is 11.6. The predicted molar refractivity (Wildman–Crippen MR) is 131 cm³/mol. The molecular formula is C25H24Cl2N2O5. The van der Waals surface area contributed by atoms with Crippen LogP contribution in [0, 0.1) is 0 Å². The van der Waals surface area contributed by atoms with Gasteiger partial charge in [0.25, 0.3) is 0 Å². The standard InChI is InChI=1S/C25H24Cl2N2O5/c1-14(2)24-18(23(29-34-24)22-19(26)4-3-5-20(22)27)13-33-17-10-7-15(8-11-17)6-9-16(30)12-21(28)25(31)32/h3-11,14,21H,12-13,28H2,1-2H3,(H,31,32)/t21-/m1/s1. The van der Waals surface area contributed by atoms with E-state index < -0.39 is 12.0 Å². The number of nitrogens with two attached hydrogens (primary N) is 1. The van der Waals surface area contributed by atoms with E-state index in [0.717, 1.165) is 11.1 Å². The molecule has 1 aromatic heterocycles. The van der Waals surface area contributed by atoms with Gasteiger partial charge in [-0.05, 0) is 35.9 Å². The number of allylic oxidation sites excluding steroid dienone is 1. The summed E-state index contributed by atoms with van der Waals surface area (Å²) in [5.74, 6) is -0.223. The fraction of sp³-hybridized carbons (Fsp3) is 0.240. The molecule has 0 saturated heterocycles. The van der Waals surface area contributed by atoms with Crippen LogP contribution in [-0.2, 0) is 16.2 Å². The molecule has 2 aromatic carbocycles. The van der Waals surface area contributed by atoms with Gasteiger partial charge in [-0.2, -0.15) is 0 Å². The van der Waals surface area contributed by atoms with E-state index in [0.29, 0.717) is 32.8 Å². The van der Waals surface area contributed by atoms with Crippen LogP contribution in [0.4, 0.5) is 0 Å². The third-order valence-corrected chi connectivity index (χ3v) is 5.64. The van der Waals surface area contributed by atoms with Gasteiger partial charge in [0.2, 0.25) is 0 Å². The topological polar surface area (TPSA) is 116 Å². The molecule has 1 heterocycles. The van der Waals surface area contributed by atoms with Gasteiger partial charge in [0, 0.05) is 17.9 Å². The Hall–Kier alpha value is -3.13. The van der Waals surface area contributed by atoms with Gasteiger partial charge in [0.05, 0.1) is 15.6 Å². The summed E-state index contributed by atoms with van der Waals surface area (Å²) in [4.78, 5) is 22.6. The molecule has 0 bridgehead atoms. The first kappa shape index (κ1) is 25.5. The zero-order chi connectivity index (χ0) is 24.8. The van der Waals surface area contributed by atoms with Crippen molar-refractivity contribution in [3.63, 3.8) is 0 Å². The van der Waals surface area contributed by atoms with E-state index >= 15 is 0 Å². The van der Waals surface area contributed by atoms with Crippen LogP contribution < -0.4 is 10.5 Å². The maximum Gasteiger partial charge on any atom is 0.320 e. The van der Waals surface area contributed by atoms with Crippen molar-refractivity contribution in [2.24, 2.45) is 5.73 Å². The molecule has 1 atom stereocenters. The lowest BCUT2D eigenvalue weighted by Gasteiger charge is -2.11. The van der Waals surface area contributed by atoms with E-state index in [9.17, 15) is 9.59 Å². The Labute approximate surface area is 207 Å². The Kier molecular flexibility index (Phi) is 8.50. The van der Waals surface area contributed by atoms with E-state index in [4.69, 9.17) is 43.3 Å². The minimum atomic E-state index is -1.22. The normalized spacial score (nSPS) is 12.3. The van der Waals surface area contributed by atoms with Crippen molar-refractivity contribution in [3.8, 4) is 17.0 Å². The van der Waals surface area contributed by atoms with Crippen molar-refractivity contribution in [3.05, 3.63) is 75.5 Å². The van der Waals surface area contributed by atoms with Crippen LogP contribution in [0.5, 0.6) is 5.75 Å². The average Bonchev–Trinajstić information content (AvgIpc) is 3.20. The molecule has 0 unspecified atom stereocenters. The smallest absolute Gasteiger partial charge is 0.320 e. The molecule has 0 amide bonds. The number of hydrogen-bond donors (Lipinski definition) is 2. The number of ketones is 1. The number of hydrogen-bond acceptors (Lipinski definition) is 6. The van der Waals surface area contributed by atoms with Gasteiger partial charge in [-0.15, -0.1) is 0 Å². The number of ether oxygens (including phenoxy) is 1. The Morgan fingerprint density at radius 2 is 1.79 bits per heavy atom. The average molecular weight is 503 g/mol. The maximum absolute atomic E-state index is 11.8. The second-order valence-corrected chi connectivity index (χ2v) is 8.75. The summed E-state index contributed by atoms with van der Waals surface area (Å²) in [6.45, 7) is 4.18. The van der Waals surface area contributed by atoms with Crippen molar-refractivity contribution in [1.82, 2.24) is 5.16 Å². The highest BCUT2D eigenvalue weighted by Gasteiger charge is 2.23. The van der Waals surface area contributed by atoms with Gasteiger partial charge < -0.3 is 20.1 Å². The van der Waals surface area contributed by atoms with Crippen LogP contribution in [0.15, 0.2) is 53.1 Å². The summed E-state index contributed by atoms with van der Waals surface area (Å²) in [5, 5.41) is 13.9. The van der Waals surface area contributed by atoms with Gasteiger partial charge in [-0.3, -0.25) is 9.59 Å². The number of halogens is 2. The number of carbonyl (C=O) groups is 2. The van der Waals surface area contributed by atoms with E-state index in [1.807, 2.05) is 13.8 Å². The van der Waals surface area contributed by atoms with Gasteiger partial charge in [0.1, 0.15) is 29.9 Å². The summed E-state index contributed by atoms with van der Waals surface area (Å²) in [6, 6.07) is 11.1. The van der Waals surface area contributed by atoms with Crippen molar-refractivity contribution >= 4 is 41.0 Å². The van der Waals surface area contributed by atoms with E-state index in [-0.39, 0.29) is 24.7 Å². The van der Waals surface area contributed by atoms with E-state index in [1.54, 1.807) is 48.5 Å². The molecule has 9 heteroatoms. The Morgan fingerprint density at radius 3 is 2.38 bits per heavy atom.